The molecule has 0 aliphatic carbocycles. The molecule has 0 bridgehead atoms. The van der Waals surface area contributed by atoms with Crippen LogP contribution in [-0.4, -0.2) is 38.0 Å². The summed E-state index contributed by atoms with van der Waals surface area (Å²) in [6, 6.07) is 9.40. The standard InChI is InChI=1S/C19H23NO4/c1-20-10-13(9-12-5-4-6-16(23-2)18(12)21)14-7-8-17(24-3)19(22)15(14)11-20/h4-8,13,21-22H,9-11H2,1-3H3/p+1/t13-/m1/s1. The molecule has 0 radical (unpaired) electrons. The Morgan fingerprint density at radius 3 is 2.46 bits per heavy atom. The summed E-state index contributed by atoms with van der Waals surface area (Å²) >= 11 is 0. The van der Waals surface area contributed by atoms with Gasteiger partial charge in [0, 0.05) is 5.92 Å². The van der Waals surface area contributed by atoms with Crippen LogP contribution >= 0.6 is 0 Å². The predicted octanol–water partition coefficient (Wildman–Crippen LogP) is 1.47. The molecule has 5 nitrogen and oxygen atoms in total. The van der Waals surface area contributed by atoms with Gasteiger partial charge in [-0.1, -0.05) is 18.2 Å². The van der Waals surface area contributed by atoms with Crippen molar-refractivity contribution in [3.8, 4) is 23.0 Å². The fraction of sp³-hybridized carbons (Fsp3) is 0.368. The van der Waals surface area contributed by atoms with Crippen LogP contribution in [0.25, 0.3) is 0 Å². The van der Waals surface area contributed by atoms with Crippen molar-refractivity contribution in [1.29, 1.82) is 0 Å². The monoisotopic (exact) mass is 330 g/mol. The lowest BCUT2D eigenvalue weighted by Crippen LogP contribution is -3.09. The maximum atomic E-state index is 10.5. The molecule has 2 aromatic rings. The van der Waals surface area contributed by atoms with Gasteiger partial charge in [0.2, 0.25) is 0 Å². The second kappa shape index (κ2) is 6.61. The molecule has 0 spiro atoms. The highest BCUT2D eigenvalue weighted by atomic mass is 16.5. The molecular weight excluding hydrogens is 306 g/mol. The maximum absolute atomic E-state index is 10.5. The van der Waals surface area contributed by atoms with E-state index >= 15 is 0 Å². The summed E-state index contributed by atoms with van der Waals surface area (Å²) in [5, 5.41) is 20.8. The van der Waals surface area contributed by atoms with E-state index in [1.54, 1.807) is 20.3 Å². The maximum Gasteiger partial charge on any atom is 0.166 e. The molecule has 0 aromatic heterocycles. The Morgan fingerprint density at radius 1 is 1.04 bits per heavy atom. The number of benzene rings is 2. The highest BCUT2D eigenvalue weighted by Gasteiger charge is 2.30. The number of ether oxygens (including phenoxy) is 2. The number of rotatable bonds is 4. The third kappa shape index (κ3) is 2.87. The summed E-state index contributed by atoms with van der Waals surface area (Å²) in [4.78, 5) is 1.32. The predicted molar refractivity (Wildman–Crippen MR) is 91.2 cm³/mol. The first-order valence-electron chi connectivity index (χ1n) is 8.10. The first-order valence-corrected chi connectivity index (χ1v) is 8.10. The van der Waals surface area contributed by atoms with E-state index in [2.05, 4.69) is 7.05 Å². The number of aromatic hydroxyl groups is 2. The topological polar surface area (TPSA) is 63.4 Å². The summed E-state index contributed by atoms with van der Waals surface area (Å²) in [6.07, 6.45) is 0.694. The van der Waals surface area contributed by atoms with E-state index in [9.17, 15) is 10.2 Å². The molecule has 1 aliphatic heterocycles. The zero-order chi connectivity index (χ0) is 17.3. The van der Waals surface area contributed by atoms with Gasteiger partial charge in [0.25, 0.3) is 0 Å². The molecule has 24 heavy (non-hydrogen) atoms. The number of hydrogen-bond acceptors (Lipinski definition) is 4. The Morgan fingerprint density at radius 2 is 1.75 bits per heavy atom. The van der Waals surface area contributed by atoms with E-state index in [1.165, 1.54) is 4.90 Å². The first-order chi connectivity index (χ1) is 11.5. The molecule has 2 aromatic carbocycles. The van der Waals surface area contributed by atoms with Gasteiger partial charge >= 0.3 is 0 Å². The lowest BCUT2D eigenvalue weighted by atomic mass is 9.84. The smallest absolute Gasteiger partial charge is 0.166 e. The normalized spacial score (nSPS) is 19.6. The van der Waals surface area contributed by atoms with Gasteiger partial charge in [-0.3, -0.25) is 0 Å². The third-order valence-electron chi connectivity index (χ3n) is 4.78. The molecule has 0 fully saturated rings. The summed E-state index contributed by atoms with van der Waals surface area (Å²) in [7, 11) is 5.23. The second-order valence-corrected chi connectivity index (χ2v) is 6.39. The molecule has 5 heteroatoms. The van der Waals surface area contributed by atoms with Crippen molar-refractivity contribution in [3.63, 3.8) is 0 Å². The fourth-order valence-electron chi connectivity index (χ4n) is 3.61. The number of phenols is 2. The van der Waals surface area contributed by atoms with Gasteiger partial charge < -0.3 is 24.6 Å². The average Bonchev–Trinajstić information content (AvgIpc) is 2.57. The Kier molecular flexibility index (Phi) is 4.53. The van der Waals surface area contributed by atoms with Crippen LogP contribution in [0.5, 0.6) is 23.0 Å². The molecule has 0 amide bonds. The molecule has 1 heterocycles. The molecule has 3 rings (SSSR count). The van der Waals surface area contributed by atoms with Crippen LogP contribution in [-0.2, 0) is 13.0 Å². The summed E-state index contributed by atoms with van der Waals surface area (Å²) in [5.74, 6) is 1.63. The quantitative estimate of drug-likeness (QED) is 0.794. The highest BCUT2D eigenvalue weighted by Crippen LogP contribution is 2.39. The van der Waals surface area contributed by atoms with Crippen LogP contribution in [0.3, 0.4) is 0 Å². The largest absolute Gasteiger partial charge is 0.504 e. The van der Waals surface area contributed by atoms with Gasteiger partial charge in [0.15, 0.2) is 23.0 Å². The molecule has 0 saturated heterocycles. The van der Waals surface area contributed by atoms with E-state index in [0.29, 0.717) is 17.9 Å². The van der Waals surface area contributed by atoms with E-state index in [0.717, 1.165) is 29.8 Å². The summed E-state index contributed by atoms with van der Waals surface area (Å²) < 4.78 is 10.4. The number of hydrogen-bond donors (Lipinski definition) is 3. The Labute approximate surface area is 142 Å². The van der Waals surface area contributed by atoms with Gasteiger partial charge in [0.05, 0.1) is 33.4 Å². The number of nitrogens with one attached hydrogen (secondary N) is 1. The van der Waals surface area contributed by atoms with Crippen molar-refractivity contribution in [2.24, 2.45) is 0 Å². The number of quaternary nitrogens is 1. The zero-order valence-electron chi connectivity index (χ0n) is 14.3. The minimum atomic E-state index is 0.197. The van der Waals surface area contributed by atoms with E-state index in [1.807, 2.05) is 24.3 Å². The Bertz CT molecular complexity index is 744. The van der Waals surface area contributed by atoms with Gasteiger partial charge in [-0.25, -0.2) is 0 Å². The lowest BCUT2D eigenvalue weighted by Gasteiger charge is -2.30. The van der Waals surface area contributed by atoms with Gasteiger partial charge in [-0.2, -0.15) is 0 Å². The van der Waals surface area contributed by atoms with Gasteiger partial charge in [0.1, 0.15) is 6.54 Å². The van der Waals surface area contributed by atoms with Crippen molar-refractivity contribution < 1.29 is 24.6 Å². The second-order valence-electron chi connectivity index (χ2n) is 6.39. The van der Waals surface area contributed by atoms with Gasteiger partial charge in [-0.15, -0.1) is 0 Å². The number of likely N-dealkylation sites (N-methyl/N-ethyl adjacent to an activating group) is 1. The molecule has 128 valence electrons. The van der Waals surface area contributed by atoms with Crippen LogP contribution in [0, 0.1) is 0 Å². The molecular formula is C19H24NO4+. The van der Waals surface area contributed by atoms with Crippen LogP contribution in [0.15, 0.2) is 30.3 Å². The van der Waals surface area contributed by atoms with Crippen molar-refractivity contribution in [3.05, 3.63) is 47.0 Å². The van der Waals surface area contributed by atoms with Crippen LogP contribution < -0.4 is 14.4 Å². The molecule has 1 aliphatic rings. The average molecular weight is 330 g/mol. The van der Waals surface area contributed by atoms with E-state index in [-0.39, 0.29) is 17.4 Å². The molecule has 1 unspecified atom stereocenters. The van der Waals surface area contributed by atoms with Crippen molar-refractivity contribution in [1.82, 2.24) is 0 Å². The highest BCUT2D eigenvalue weighted by molar-refractivity contribution is 5.52. The lowest BCUT2D eigenvalue weighted by molar-refractivity contribution is -0.897. The number of phenolic OH excluding ortho intramolecular Hbond substituents is 2. The van der Waals surface area contributed by atoms with E-state index < -0.39 is 0 Å². The molecule has 3 N–H and O–H groups in total. The van der Waals surface area contributed by atoms with Gasteiger partial charge in [-0.05, 0) is 29.7 Å². The van der Waals surface area contributed by atoms with Crippen molar-refractivity contribution >= 4 is 0 Å². The summed E-state index contributed by atoms with van der Waals surface area (Å²) in [6.45, 7) is 1.70. The summed E-state index contributed by atoms with van der Waals surface area (Å²) in [5.41, 5.74) is 2.92. The van der Waals surface area contributed by atoms with Crippen LogP contribution in [0.2, 0.25) is 0 Å². The zero-order valence-corrected chi connectivity index (χ0v) is 14.3. The number of methoxy groups -OCH3 is 2. The van der Waals surface area contributed by atoms with E-state index in [4.69, 9.17) is 9.47 Å². The fourth-order valence-corrected chi connectivity index (χ4v) is 3.61. The Hall–Kier alpha value is -2.40. The van der Waals surface area contributed by atoms with Crippen molar-refractivity contribution in [2.75, 3.05) is 27.8 Å². The van der Waals surface area contributed by atoms with Crippen LogP contribution in [0.1, 0.15) is 22.6 Å². The minimum absolute atomic E-state index is 0.197. The third-order valence-corrected chi connectivity index (χ3v) is 4.78. The number of para-hydroxylation sites is 1. The van der Waals surface area contributed by atoms with Crippen molar-refractivity contribution in [2.45, 2.75) is 18.9 Å². The minimum Gasteiger partial charge on any atom is -0.504 e. The Balaban J connectivity index is 1.98. The molecule has 0 saturated carbocycles. The molecule has 2 atom stereocenters. The first kappa shape index (κ1) is 16.5. The number of fused-ring (bicyclic) bond motifs is 1. The van der Waals surface area contributed by atoms with Crippen LogP contribution in [0.4, 0.5) is 0 Å². The SMILES string of the molecule is COc1cccc(C[C@@H]2C[NH+](C)Cc3c2ccc(OC)c3O)c1O.